The lowest BCUT2D eigenvalue weighted by molar-refractivity contribution is 0.692. The first kappa shape index (κ1) is 11.9. The summed E-state index contributed by atoms with van der Waals surface area (Å²) in [7, 11) is 0. The minimum absolute atomic E-state index is 0.962. The molecule has 0 fully saturated rings. The topological polar surface area (TPSA) is 12.0 Å². The van der Waals surface area contributed by atoms with E-state index < -0.39 is 0 Å². The first-order valence-corrected chi connectivity index (χ1v) is 7.58. The van der Waals surface area contributed by atoms with Crippen molar-refractivity contribution in [2.24, 2.45) is 0 Å². The zero-order valence-corrected chi connectivity index (χ0v) is 11.4. The third kappa shape index (κ3) is 2.82. The zero-order chi connectivity index (χ0) is 12.2. The highest BCUT2D eigenvalue weighted by Gasteiger charge is 2.12. The summed E-state index contributed by atoms with van der Waals surface area (Å²) in [5.41, 5.74) is 2.97. The Balaban J connectivity index is 1.55. The van der Waals surface area contributed by atoms with Crippen LogP contribution in [0.15, 0.2) is 36.4 Å². The molecule has 18 heavy (non-hydrogen) atoms. The molecule has 0 bridgehead atoms. The average molecular weight is 257 g/mol. The molecule has 2 aromatic rings. The second-order valence-corrected chi connectivity index (χ2v) is 6.18. The molecular formula is C16H19NS. The van der Waals surface area contributed by atoms with E-state index in [-0.39, 0.29) is 0 Å². The summed E-state index contributed by atoms with van der Waals surface area (Å²) in [6.07, 6.45) is 5.36. The van der Waals surface area contributed by atoms with Gasteiger partial charge in [0, 0.05) is 22.8 Å². The number of fused-ring (bicyclic) bond motifs is 1. The van der Waals surface area contributed by atoms with Crippen LogP contribution in [0.3, 0.4) is 0 Å². The maximum atomic E-state index is 3.54. The molecule has 1 heterocycles. The molecule has 1 aliphatic rings. The SMILES string of the molecule is c1ccc(CNCc2cc3c(s2)CCCC3)cc1. The number of thiophene rings is 1. The Morgan fingerprint density at radius 1 is 1.00 bits per heavy atom. The molecule has 94 valence electrons. The summed E-state index contributed by atoms with van der Waals surface area (Å²) >= 11 is 2.01. The Morgan fingerprint density at radius 3 is 2.67 bits per heavy atom. The largest absolute Gasteiger partial charge is 0.308 e. The van der Waals surface area contributed by atoms with Crippen LogP contribution in [0.4, 0.5) is 0 Å². The van der Waals surface area contributed by atoms with Crippen molar-refractivity contribution in [3.05, 3.63) is 57.3 Å². The molecule has 0 amide bonds. The zero-order valence-electron chi connectivity index (χ0n) is 10.6. The average Bonchev–Trinajstić information content (AvgIpc) is 2.82. The van der Waals surface area contributed by atoms with Crippen LogP contribution in [0.1, 0.15) is 33.7 Å². The van der Waals surface area contributed by atoms with Gasteiger partial charge in [-0.25, -0.2) is 0 Å². The third-order valence-corrected chi connectivity index (χ3v) is 4.76. The fraction of sp³-hybridized carbons (Fsp3) is 0.375. The Hall–Kier alpha value is -1.12. The highest BCUT2D eigenvalue weighted by Crippen LogP contribution is 2.29. The fourth-order valence-corrected chi connectivity index (χ4v) is 3.80. The molecular weight excluding hydrogens is 238 g/mol. The molecule has 1 nitrogen and oxygen atoms in total. The van der Waals surface area contributed by atoms with Crippen molar-refractivity contribution < 1.29 is 0 Å². The lowest BCUT2D eigenvalue weighted by atomic mass is 9.99. The smallest absolute Gasteiger partial charge is 0.0303 e. The fourth-order valence-electron chi connectivity index (χ4n) is 2.57. The van der Waals surface area contributed by atoms with Gasteiger partial charge in [0.2, 0.25) is 0 Å². The van der Waals surface area contributed by atoms with Gasteiger partial charge in [-0.05, 0) is 42.9 Å². The van der Waals surface area contributed by atoms with Crippen molar-refractivity contribution in [3.8, 4) is 0 Å². The Morgan fingerprint density at radius 2 is 1.83 bits per heavy atom. The van der Waals surface area contributed by atoms with Crippen molar-refractivity contribution in [3.63, 3.8) is 0 Å². The Bertz CT molecular complexity index is 478. The van der Waals surface area contributed by atoms with E-state index in [9.17, 15) is 0 Å². The van der Waals surface area contributed by atoms with Gasteiger partial charge in [-0.2, -0.15) is 0 Å². The van der Waals surface area contributed by atoms with Crippen LogP contribution in [0, 0.1) is 0 Å². The van der Waals surface area contributed by atoms with E-state index in [0.29, 0.717) is 0 Å². The highest BCUT2D eigenvalue weighted by molar-refractivity contribution is 7.12. The van der Waals surface area contributed by atoms with Gasteiger partial charge in [-0.3, -0.25) is 0 Å². The summed E-state index contributed by atoms with van der Waals surface area (Å²) in [5.74, 6) is 0. The van der Waals surface area contributed by atoms with E-state index in [2.05, 4.69) is 41.7 Å². The van der Waals surface area contributed by atoms with Crippen molar-refractivity contribution in [1.82, 2.24) is 5.32 Å². The summed E-state index contributed by atoms with van der Waals surface area (Å²) < 4.78 is 0. The first-order valence-electron chi connectivity index (χ1n) is 6.77. The normalized spacial score (nSPS) is 14.4. The van der Waals surface area contributed by atoms with Crippen molar-refractivity contribution >= 4 is 11.3 Å². The molecule has 0 atom stereocenters. The number of benzene rings is 1. The molecule has 0 unspecified atom stereocenters. The van der Waals surface area contributed by atoms with E-state index in [1.165, 1.54) is 36.1 Å². The van der Waals surface area contributed by atoms with Crippen LogP contribution >= 0.6 is 11.3 Å². The molecule has 0 saturated carbocycles. The van der Waals surface area contributed by atoms with Gasteiger partial charge in [0.15, 0.2) is 0 Å². The quantitative estimate of drug-likeness (QED) is 0.875. The van der Waals surface area contributed by atoms with Gasteiger partial charge in [0.1, 0.15) is 0 Å². The highest BCUT2D eigenvalue weighted by atomic mass is 32.1. The van der Waals surface area contributed by atoms with Gasteiger partial charge in [0.25, 0.3) is 0 Å². The van der Waals surface area contributed by atoms with Gasteiger partial charge < -0.3 is 5.32 Å². The molecule has 2 heteroatoms. The molecule has 1 N–H and O–H groups in total. The van der Waals surface area contributed by atoms with Crippen LogP contribution in [-0.4, -0.2) is 0 Å². The Labute approximate surface area is 113 Å². The van der Waals surface area contributed by atoms with Gasteiger partial charge in [-0.15, -0.1) is 11.3 Å². The predicted octanol–water partition coefficient (Wildman–Crippen LogP) is 3.92. The van der Waals surface area contributed by atoms with Crippen molar-refractivity contribution in [1.29, 1.82) is 0 Å². The second-order valence-electron chi connectivity index (χ2n) is 4.96. The number of hydrogen-bond donors (Lipinski definition) is 1. The number of rotatable bonds is 4. The molecule has 0 radical (unpaired) electrons. The maximum Gasteiger partial charge on any atom is 0.0303 e. The summed E-state index contributed by atoms with van der Waals surface area (Å²) in [6.45, 7) is 1.97. The first-order chi connectivity index (χ1) is 8.92. The minimum Gasteiger partial charge on any atom is -0.308 e. The van der Waals surface area contributed by atoms with Crippen LogP contribution in [0.2, 0.25) is 0 Å². The molecule has 0 aliphatic heterocycles. The molecule has 3 rings (SSSR count). The van der Waals surface area contributed by atoms with E-state index >= 15 is 0 Å². The standard InChI is InChI=1S/C16H19NS/c1-2-6-13(7-3-1)11-17-12-15-10-14-8-4-5-9-16(14)18-15/h1-3,6-7,10,17H,4-5,8-9,11-12H2. The summed E-state index contributed by atoms with van der Waals surface area (Å²) in [4.78, 5) is 3.13. The van der Waals surface area contributed by atoms with Crippen LogP contribution in [-0.2, 0) is 25.9 Å². The van der Waals surface area contributed by atoms with Crippen molar-refractivity contribution in [2.75, 3.05) is 0 Å². The monoisotopic (exact) mass is 257 g/mol. The van der Waals surface area contributed by atoms with Crippen LogP contribution in [0.5, 0.6) is 0 Å². The summed E-state index contributed by atoms with van der Waals surface area (Å²) in [6, 6.07) is 13.0. The lowest BCUT2D eigenvalue weighted by Crippen LogP contribution is -2.11. The van der Waals surface area contributed by atoms with Crippen LogP contribution in [0.25, 0.3) is 0 Å². The number of aryl methyl sites for hydroxylation is 2. The number of hydrogen-bond acceptors (Lipinski definition) is 2. The van der Waals surface area contributed by atoms with E-state index in [1.54, 1.807) is 10.4 Å². The van der Waals surface area contributed by atoms with Gasteiger partial charge in [0.05, 0.1) is 0 Å². The lowest BCUT2D eigenvalue weighted by Gasteiger charge is -2.08. The van der Waals surface area contributed by atoms with E-state index in [4.69, 9.17) is 0 Å². The second kappa shape index (κ2) is 5.68. The molecule has 0 spiro atoms. The Kier molecular flexibility index (Phi) is 3.77. The number of nitrogens with one attached hydrogen (secondary N) is 1. The predicted molar refractivity (Wildman–Crippen MR) is 77.9 cm³/mol. The van der Waals surface area contributed by atoms with Gasteiger partial charge >= 0.3 is 0 Å². The maximum absolute atomic E-state index is 3.54. The van der Waals surface area contributed by atoms with Crippen molar-refractivity contribution in [2.45, 2.75) is 38.8 Å². The molecule has 0 saturated heterocycles. The molecule has 1 aromatic carbocycles. The van der Waals surface area contributed by atoms with E-state index in [1.807, 2.05) is 11.3 Å². The molecule has 1 aliphatic carbocycles. The minimum atomic E-state index is 0.962. The molecule has 1 aromatic heterocycles. The van der Waals surface area contributed by atoms with E-state index in [0.717, 1.165) is 13.1 Å². The summed E-state index contributed by atoms with van der Waals surface area (Å²) in [5, 5.41) is 3.54. The third-order valence-electron chi connectivity index (χ3n) is 3.52. The van der Waals surface area contributed by atoms with Crippen LogP contribution < -0.4 is 5.32 Å². The van der Waals surface area contributed by atoms with Gasteiger partial charge in [-0.1, -0.05) is 30.3 Å².